The van der Waals surface area contributed by atoms with Crippen LogP contribution in [0.3, 0.4) is 0 Å². The van der Waals surface area contributed by atoms with Crippen LogP contribution in [0.1, 0.15) is 40.2 Å². The molecule has 3 heterocycles. The summed E-state index contributed by atoms with van der Waals surface area (Å²) in [5.74, 6) is -0.184. The minimum absolute atomic E-state index is 0.0714. The number of amides is 2. The Kier molecular flexibility index (Phi) is 6.37. The van der Waals surface area contributed by atoms with Crippen LogP contribution in [0.4, 0.5) is 0 Å². The Morgan fingerprint density at radius 1 is 1.42 bits per heavy atom. The number of ether oxygens (including phenoxy) is 1. The molecule has 4 rings (SSSR count). The van der Waals surface area contributed by atoms with Crippen LogP contribution in [0.5, 0.6) is 0 Å². The van der Waals surface area contributed by atoms with E-state index in [-0.39, 0.29) is 17.9 Å². The van der Waals surface area contributed by atoms with Crippen LogP contribution >= 0.6 is 11.3 Å². The Hall–Kier alpha value is -2.73. The second kappa shape index (κ2) is 9.18. The monoisotopic (exact) mass is 438 g/mol. The number of hydrogen-bond donors (Lipinski definition) is 2. The number of fused-ring (bicyclic) bond motifs is 1. The highest BCUT2D eigenvalue weighted by Crippen LogP contribution is 2.41. The van der Waals surface area contributed by atoms with Crippen LogP contribution in [0.2, 0.25) is 0 Å². The summed E-state index contributed by atoms with van der Waals surface area (Å²) in [4.78, 5) is 28.7. The molecule has 0 radical (unpaired) electrons. The molecule has 0 spiro atoms. The largest absolute Gasteiger partial charge is 0.367 e. The normalized spacial score (nSPS) is 21.8. The molecule has 0 bridgehead atoms. The van der Waals surface area contributed by atoms with Gasteiger partial charge in [0.15, 0.2) is 0 Å². The summed E-state index contributed by atoms with van der Waals surface area (Å²) < 4.78 is 5.56. The molecule has 2 amide bonds. The molecule has 0 aliphatic carbocycles. The molecule has 31 heavy (non-hydrogen) atoms. The zero-order valence-electron chi connectivity index (χ0n) is 17.7. The molecule has 7 nitrogen and oxygen atoms in total. The van der Waals surface area contributed by atoms with E-state index < -0.39 is 12.1 Å². The minimum atomic E-state index is -0.621. The molecule has 2 aliphatic heterocycles. The summed E-state index contributed by atoms with van der Waals surface area (Å²) in [6, 6.07) is 11.6. The minimum Gasteiger partial charge on any atom is -0.367 e. The number of nitrogens with one attached hydrogen (secondary N) is 2. The van der Waals surface area contributed by atoms with E-state index in [4.69, 9.17) is 4.74 Å². The molecular weight excluding hydrogens is 412 g/mol. The van der Waals surface area contributed by atoms with E-state index in [1.165, 1.54) is 0 Å². The lowest BCUT2D eigenvalue weighted by Crippen LogP contribution is -2.46. The Bertz CT molecular complexity index is 1000. The maximum atomic E-state index is 12.4. The van der Waals surface area contributed by atoms with Crippen molar-refractivity contribution in [3.63, 3.8) is 0 Å². The molecule has 1 unspecified atom stereocenters. The fourth-order valence-electron chi connectivity index (χ4n) is 3.88. The van der Waals surface area contributed by atoms with Crippen LogP contribution in [0.15, 0.2) is 30.3 Å². The van der Waals surface area contributed by atoms with Crippen LogP contribution in [-0.2, 0) is 16.0 Å². The lowest BCUT2D eigenvalue weighted by molar-refractivity contribution is -0.132. The van der Waals surface area contributed by atoms with Gasteiger partial charge in [-0.05, 0) is 37.1 Å². The summed E-state index contributed by atoms with van der Waals surface area (Å²) in [5.41, 5.74) is 2.80. The van der Waals surface area contributed by atoms with Gasteiger partial charge in [-0.1, -0.05) is 24.3 Å². The Morgan fingerprint density at radius 3 is 2.90 bits per heavy atom. The average Bonchev–Trinajstić information content (AvgIpc) is 3.14. The SMILES string of the molecule is CC1c2sc(-c3ccc(C[C@H](C#N)NC(=O)[C@H]4CNCCCO4)cc3)cc2C(=O)N1C. The Labute approximate surface area is 186 Å². The molecule has 1 fully saturated rings. The Balaban J connectivity index is 1.40. The molecule has 8 heteroatoms. The third-order valence-corrected chi connectivity index (χ3v) is 7.22. The van der Waals surface area contributed by atoms with Crippen molar-refractivity contribution in [1.82, 2.24) is 15.5 Å². The van der Waals surface area contributed by atoms with E-state index in [1.807, 2.05) is 44.3 Å². The standard InChI is InChI=1S/C23H26N4O3S/c1-14-21-18(23(29)27(14)2)11-20(31-21)16-6-4-15(5-7-16)10-17(12-24)26-22(28)19-13-25-8-3-9-30-19/h4-7,11,14,17,19,25H,3,8-10,13H2,1-2H3,(H,26,28)/t14?,17-,19-/m1/s1. The van der Waals surface area contributed by atoms with Crippen molar-refractivity contribution in [3.05, 3.63) is 46.3 Å². The van der Waals surface area contributed by atoms with Crippen molar-refractivity contribution >= 4 is 23.2 Å². The first-order chi connectivity index (χ1) is 15.0. The second-order valence-corrected chi connectivity index (χ2v) is 9.07. The maximum absolute atomic E-state index is 12.4. The van der Waals surface area contributed by atoms with Gasteiger partial charge >= 0.3 is 0 Å². The van der Waals surface area contributed by atoms with Crippen LogP contribution < -0.4 is 10.6 Å². The Morgan fingerprint density at radius 2 is 2.19 bits per heavy atom. The van der Waals surface area contributed by atoms with Crippen molar-refractivity contribution in [3.8, 4) is 16.5 Å². The van der Waals surface area contributed by atoms with Crippen molar-refractivity contribution in [2.75, 3.05) is 26.7 Å². The highest BCUT2D eigenvalue weighted by Gasteiger charge is 2.33. The number of benzene rings is 1. The highest BCUT2D eigenvalue weighted by atomic mass is 32.1. The molecular formula is C23H26N4O3S. The van der Waals surface area contributed by atoms with Gasteiger partial charge in [0.2, 0.25) is 0 Å². The predicted molar refractivity (Wildman–Crippen MR) is 119 cm³/mol. The van der Waals surface area contributed by atoms with Gasteiger partial charge < -0.3 is 20.3 Å². The fraction of sp³-hybridized carbons (Fsp3) is 0.435. The number of carbonyl (C=O) groups excluding carboxylic acids is 2. The summed E-state index contributed by atoms with van der Waals surface area (Å²) in [5, 5.41) is 15.5. The van der Waals surface area contributed by atoms with Crippen LogP contribution in [-0.4, -0.2) is 55.6 Å². The summed E-state index contributed by atoms with van der Waals surface area (Å²) in [6.07, 6.45) is 0.726. The van der Waals surface area contributed by atoms with E-state index in [2.05, 4.69) is 16.7 Å². The summed E-state index contributed by atoms with van der Waals surface area (Å²) in [6.45, 7) is 3.87. The van der Waals surface area contributed by atoms with Crippen molar-refractivity contribution < 1.29 is 14.3 Å². The fourth-order valence-corrected chi connectivity index (χ4v) is 5.14. The van der Waals surface area contributed by atoms with Crippen molar-refractivity contribution in [2.24, 2.45) is 0 Å². The quantitative estimate of drug-likeness (QED) is 0.748. The van der Waals surface area contributed by atoms with E-state index in [0.717, 1.165) is 39.4 Å². The van der Waals surface area contributed by atoms with E-state index in [0.29, 0.717) is 19.6 Å². The zero-order valence-corrected chi connectivity index (χ0v) is 18.5. The number of rotatable bonds is 5. The third kappa shape index (κ3) is 4.49. The van der Waals surface area contributed by atoms with Gasteiger partial charge in [0.05, 0.1) is 17.7 Å². The number of carbonyl (C=O) groups is 2. The van der Waals surface area contributed by atoms with Gasteiger partial charge in [0, 0.05) is 36.4 Å². The highest BCUT2D eigenvalue weighted by molar-refractivity contribution is 7.16. The molecule has 2 N–H and O–H groups in total. The van der Waals surface area contributed by atoms with Crippen molar-refractivity contribution in [2.45, 2.75) is 38.0 Å². The first-order valence-corrected chi connectivity index (χ1v) is 11.3. The molecule has 162 valence electrons. The lowest BCUT2D eigenvalue weighted by Gasteiger charge is -2.18. The first kappa shape index (κ1) is 21.5. The summed E-state index contributed by atoms with van der Waals surface area (Å²) >= 11 is 1.65. The van der Waals surface area contributed by atoms with Gasteiger partial charge in [-0.2, -0.15) is 5.26 Å². The van der Waals surface area contributed by atoms with E-state index in [9.17, 15) is 14.9 Å². The zero-order chi connectivity index (χ0) is 22.0. The number of nitrogens with zero attached hydrogens (tertiary/aromatic N) is 2. The third-order valence-electron chi connectivity index (χ3n) is 5.86. The van der Waals surface area contributed by atoms with Crippen LogP contribution in [0.25, 0.3) is 10.4 Å². The lowest BCUT2D eigenvalue weighted by atomic mass is 10.0. The van der Waals surface area contributed by atoms with Crippen LogP contribution in [0, 0.1) is 11.3 Å². The van der Waals surface area contributed by atoms with E-state index in [1.54, 1.807) is 16.2 Å². The number of nitriles is 1. The number of thiophene rings is 1. The maximum Gasteiger partial charge on any atom is 0.255 e. The molecule has 1 aromatic heterocycles. The summed E-state index contributed by atoms with van der Waals surface area (Å²) in [7, 11) is 1.83. The van der Waals surface area contributed by atoms with Gasteiger partial charge in [-0.15, -0.1) is 11.3 Å². The molecule has 2 aliphatic rings. The topological polar surface area (TPSA) is 94.5 Å². The van der Waals surface area contributed by atoms with E-state index >= 15 is 0 Å². The first-order valence-electron chi connectivity index (χ1n) is 10.5. The smallest absolute Gasteiger partial charge is 0.255 e. The second-order valence-electron chi connectivity index (χ2n) is 7.99. The molecule has 1 aromatic carbocycles. The molecule has 0 saturated carbocycles. The average molecular weight is 439 g/mol. The van der Waals surface area contributed by atoms with Gasteiger partial charge in [-0.25, -0.2) is 0 Å². The number of hydrogen-bond acceptors (Lipinski definition) is 6. The predicted octanol–water partition coefficient (Wildman–Crippen LogP) is 2.49. The molecule has 3 atom stereocenters. The van der Waals surface area contributed by atoms with Gasteiger partial charge in [0.1, 0.15) is 12.1 Å². The molecule has 1 saturated heterocycles. The van der Waals surface area contributed by atoms with Crippen molar-refractivity contribution in [1.29, 1.82) is 5.26 Å². The van der Waals surface area contributed by atoms with Gasteiger partial charge in [-0.3, -0.25) is 9.59 Å². The molecule has 2 aromatic rings. The van der Waals surface area contributed by atoms with Gasteiger partial charge in [0.25, 0.3) is 11.8 Å².